The lowest BCUT2D eigenvalue weighted by molar-refractivity contribution is -0.132. The fraction of sp³-hybridized carbons (Fsp3) is 0.400. The number of nitriles is 1. The van der Waals surface area contributed by atoms with E-state index in [9.17, 15) is 33.4 Å². The lowest BCUT2D eigenvalue weighted by atomic mass is 9.77. The van der Waals surface area contributed by atoms with Gasteiger partial charge in [0.15, 0.2) is 29.4 Å². The van der Waals surface area contributed by atoms with Gasteiger partial charge in [-0.15, -0.1) is 11.3 Å². The third-order valence-electron chi connectivity index (χ3n) is 11.8. The van der Waals surface area contributed by atoms with Crippen LogP contribution in [0.3, 0.4) is 0 Å². The molecule has 11 nitrogen and oxygen atoms in total. The Kier molecular flexibility index (Phi) is 10.8. The topological polar surface area (TPSA) is 167 Å². The van der Waals surface area contributed by atoms with Crippen LogP contribution in [0.2, 0.25) is 5.02 Å². The molecule has 3 aromatic carbocycles. The van der Waals surface area contributed by atoms with E-state index in [4.69, 9.17) is 31.8 Å². The molecule has 3 fully saturated rings. The molecule has 58 heavy (non-hydrogen) atoms. The van der Waals surface area contributed by atoms with Gasteiger partial charge in [0.2, 0.25) is 0 Å². The van der Waals surface area contributed by atoms with Gasteiger partial charge >= 0.3 is 6.01 Å². The van der Waals surface area contributed by atoms with Crippen molar-refractivity contribution in [3.05, 3.63) is 75.6 Å². The van der Waals surface area contributed by atoms with Gasteiger partial charge in [0.1, 0.15) is 28.2 Å². The Morgan fingerprint density at radius 3 is 2.66 bits per heavy atom. The van der Waals surface area contributed by atoms with Crippen molar-refractivity contribution in [1.82, 2.24) is 15.3 Å². The Bertz CT molecular complexity index is 2480. The third-order valence-corrected chi connectivity index (χ3v) is 13.1. The van der Waals surface area contributed by atoms with Crippen molar-refractivity contribution in [2.24, 2.45) is 11.3 Å². The Morgan fingerprint density at radius 1 is 1.14 bits per heavy atom. The number of hydrogen-bond acceptors (Lipinski definition) is 11. The first-order chi connectivity index (χ1) is 27.8. The zero-order valence-electron chi connectivity index (χ0n) is 30.6. The van der Waals surface area contributed by atoms with Crippen LogP contribution < -0.4 is 20.7 Å². The summed E-state index contributed by atoms with van der Waals surface area (Å²) in [7, 11) is 0. The summed E-state index contributed by atoms with van der Waals surface area (Å²) >= 11 is 7.72. The van der Waals surface area contributed by atoms with Gasteiger partial charge in [0.25, 0.3) is 5.91 Å². The molecule has 1 aliphatic heterocycles. The number of thiophene rings is 1. The van der Waals surface area contributed by atoms with Crippen molar-refractivity contribution in [2.75, 3.05) is 50.2 Å². The second kappa shape index (κ2) is 15.7. The van der Waals surface area contributed by atoms with Gasteiger partial charge in [-0.25, -0.2) is 22.0 Å². The number of aliphatic hydroxyl groups excluding tert-OH is 2. The Labute approximate surface area is 337 Å². The molecule has 8 rings (SSSR count). The van der Waals surface area contributed by atoms with Crippen LogP contribution in [0.1, 0.15) is 49.1 Å². The molecule has 304 valence electrons. The number of carbonyl (C=O) groups is 1. The molecule has 5 atom stereocenters. The van der Waals surface area contributed by atoms with Gasteiger partial charge < -0.3 is 35.6 Å². The first kappa shape index (κ1) is 39.9. The number of aromatic nitrogens is 2. The lowest BCUT2D eigenvalue weighted by Gasteiger charge is -2.31. The van der Waals surface area contributed by atoms with Crippen molar-refractivity contribution >= 4 is 60.7 Å². The summed E-state index contributed by atoms with van der Waals surface area (Å²) in [4.78, 5) is 23.6. The number of fused-ring (bicyclic) bond motifs is 3. The first-order valence-electron chi connectivity index (χ1n) is 18.6. The maximum atomic E-state index is 17.3. The molecular formula is C40H36ClF5N6O5S. The van der Waals surface area contributed by atoms with E-state index in [0.717, 1.165) is 48.8 Å². The first-order valence-corrected chi connectivity index (χ1v) is 19.8. The number of benzene rings is 3. The van der Waals surface area contributed by atoms with Gasteiger partial charge in [-0.1, -0.05) is 24.1 Å². The van der Waals surface area contributed by atoms with Crippen molar-refractivity contribution in [3.63, 3.8) is 0 Å². The van der Waals surface area contributed by atoms with E-state index in [1.54, 1.807) is 4.90 Å². The Balaban J connectivity index is 1.22. The number of ether oxygens (including phenoxy) is 2. The second-order valence-corrected chi connectivity index (χ2v) is 16.5. The molecule has 2 aliphatic carbocycles. The molecule has 2 saturated carbocycles. The van der Waals surface area contributed by atoms with Crippen LogP contribution in [-0.4, -0.2) is 77.8 Å². The van der Waals surface area contributed by atoms with E-state index in [1.165, 1.54) is 12.1 Å². The van der Waals surface area contributed by atoms with E-state index >= 15 is 8.78 Å². The minimum Gasteiger partial charge on any atom is -0.463 e. The van der Waals surface area contributed by atoms with Crippen LogP contribution in [0.4, 0.5) is 32.8 Å². The van der Waals surface area contributed by atoms with Gasteiger partial charge in [-0.3, -0.25) is 4.79 Å². The zero-order valence-corrected chi connectivity index (χ0v) is 32.2. The van der Waals surface area contributed by atoms with E-state index in [-0.39, 0.29) is 104 Å². The molecule has 0 bridgehead atoms. The third kappa shape index (κ3) is 6.94. The fourth-order valence-corrected chi connectivity index (χ4v) is 10.3. The number of carbonyl (C=O) groups excluding carboxylic acids is 1. The Hall–Kier alpha value is -4.86. The highest BCUT2D eigenvalue weighted by atomic mass is 35.5. The summed E-state index contributed by atoms with van der Waals surface area (Å²) in [5, 5.41) is 32.0. The van der Waals surface area contributed by atoms with Crippen LogP contribution >= 0.6 is 22.9 Å². The number of rotatable bonds is 9. The van der Waals surface area contributed by atoms with Crippen molar-refractivity contribution in [2.45, 2.75) is 50.2 Å². The molecule has 5 N–H and O–H groups in total. The number of nitrogen functional groups attached to an aromatic ring is 1. The molecule has 0 radical (unpaired) electrons. The molecule has 0 spiro atoms. The van der Waals surface area contributed by atoms with Gasteiger partial charge in [0, 0.05) is 34.8 Å². The highest BCUT2D eigenvalue weighted by Crippen LogP contribution is 2.60. The number of halogens is 6. The standard InChI is InChI=1S/C40H36ClF5N6O5S/c41-25-12-22-34(33(46)31(25)21-3-4-26(42)35-30(21)23(13-47)36(48)58-35)50-39(51-37(22)52-8-9-56-16-19(14-52)49-38(55)29(54)15-53)57-17-40-6-1-2-24(40)20(5-7-40)18-10-27(43)32(45)28(44)11-18/h3-4,10-12,19-20,24,29,53-54H,1-2,5-9,14-17,48H2,(H,49,55). The molecule has 1 saturated heterocycles. The number of hydrogen-bond donors (Lipinski definition) is 4. The van der Waals surface area contributed by atoms with Crippen LogP contribution in [0, 0.1) is 51.8 Å². The summed E-state index contributed by atoms with van der Waals surface area (Å²) in [6.07, 6.45) is 1.82. The quantitative estimate of drug-likeness (QED) is 0.0923. The highest BCUT2D eigenvalue weighted by molar-refractivity contribution is 7.23. The van der Waals surface area contributed by atoms with Crippen LogP contribution in [0.25, 0.3) is 32.1 Å². The summed E-state index contributed by atoms with van der Waals surface area (Å²) in [5.74, 6) is -6.57. The maximum Gasteiger partial charge on any atom is 0.319 e. The number of aliphatic hydroxyl groups is 2. The molecule has 3 aliphatic rings. The molecule has 5 aromatic rings. The van der Waals surface area contributed by atoms with Crippen LogP contribution in [-0.2, 0) is 9.53 Å². The van der Waals surface area contributed by atoms with E-state index in [2.05, 4.69) is 10.3 Å². The van der Waals surface area contributed by atoms with Gasteiger partial charge in [-0.05, 0) is 72.9 Å². The molecule has 18 heteroatoms. The Morgan fingerprint density at radius 2 is 1.91 bits per heavy atom. The minimum atomic E-state index is -1.67. The number of amides is 1. The summed E-state index contributed by atoms with van der Waals surface area (Å²) < 4.78 is 87.0. The normalized spacial score (nSPS) is 22.5. The average Bonchev–Trinajstić information content (AvgIpc) is 3.82. The number of nitrogens with one attached hydrogen (secondary N) is 1. The van der Waals surface area contributed by atoms with E-state index in [1.807, 2.05) is 6.07 Å². The average molecular weight is 843 g/mol. The summed E-state index contributed by atoms with van der Waals surface area (Å²) in [5.41, 5.74) is 5.68. The monoisotopic (exact) mass is 842 g/mol. The summed E-state index contributed by atoms with van der Waals surface area (Å²) in [6.45, 7) is -0.246. The van der Waals surface area contributed by atoms with Crippen molar-refractivity contribution < 1.29 is 46.4 Å². The smallest absolute Gasteiger partial charge is 0.319 e. The predicted octanol–water partition coefficient (Wildman–Crippen LogP) is 6.73. The van der Waals surface area contributed by atoms with Crippen molar-refractivity contribution in [1.29, 1.82) is 5.26 Å². The molecule has 2 aromatic heterocycles. The molecule has 3 heterocycles. The number of nitrogens with zero attached hydrogens (tertiary/aromatic N) is 4. The minimum absolute atomic E-state index is 0.0345. The molecule has 1 amide bonds. The van der Waals surface area contributed by atoms with Crippen molar-refractivity contribution in [3.8, 4) is 23.2 Å². The largest absolute Gasteiger partial charge is 0.463 e. The van der Waals surface area contributed by atoms with Gasteiger partial charge in [0.05, 0.1) is 47.8 Å². The number of nitrogens with two attached hydrogens (primary N) is 1. The van der Waals surface area contributed by atoms with Gasteiger partial charge in [-0.2, -0.15) is 15.2 Å². The lowest BCUT2D eigenvalue weighted by Crippen LogP contribution is -2.49. The second-order valence-electron chi connectivity index (χ2n) is 15.0. The predicted molar refractivity (Wildman–Crippen MR) is 206 cm³/mol. The van der Waals surface area contributed by atoms with Crippen LogP contribution in [0.5, 0.6) is 6.01 Å². The SMILES string of the molecule is N#Cc1c(N)sc2c(F)ccc(-c3c(Cl)cc4c(N5CCOCC(NC(=O)C(O)CO)C5)nc(OCC56CCCC5C(c5cc(F)c(F)c(F)c5)CC6)nc4c3F)c12. The fourth-order valence-electron chi connectivity index (χ4n) is 9.09. The van der Waals surface area contributed by atoms with E-state index < -0.39 is 59.2 Å². The maximum absolute atomic E-state index is 17.3. The summed E-state index contributed by atoms with van der Waals surface area (Å²) in [6, 6.07) is 7.07. The number of anilines is 2. The van der Waals surface area contributed by atoms with E-state index in [0.29, 0.717) is 18.4 Å². The highest BCUT2D eigenvalue weighted by Gasteiger charge is 2.52. The molecule has 5 unspecified atom stereocenters. The zero-order chi connectivity index (χ0) is 41.0. The molecular weight excluding hydrogens is 807 g/mol. The van der Waals surface area contributed by atoms with Crippen LogP contribution in [0.15, 0.2) is 30.3 Å².